The number of amides is 1. The number of nitrogens with zero attached hydrogens (tertiary/aromatic N) is 1. The Labute approximate surface area is 137 Å². The molecule has 1 amide bonds. The molecule has 2 rings (SSSR count). The molecule has 0 aliphatic rings. The third-order valence-electron chi connectivity index (χ3n) is 3.12. The van der Waals surface area contributed by atoms with Crippen LogP contribution < -0.4 is 5.43 Å². The van der Waals surface area contributed by atoms with E-state index in [-0.39, 0.29) is 0 Å². The normalized spacial score (nSPS) is 11.9. The van der Waals surface area contributed by atoms with Gasteiger partial charge in [0, 0.05) is 0 Å². The second kappa shape index (κ2) is 7.09. The lowest BCUT2D eigenvalue weighted by Gasteiger charge is -2.18. The van der Waals surface area contributed by atoms with Crippen molar-refractivity contribution in [2.24, 2.45) is 5.10 Å². The third kappa shape index (κ3) is 5.25. The van der Waals surface area contributed by atoms with Gasteiger partial charge in [-0.05, 0) is 44.4 Å². The minimum absolute atomic E-state index is 0.537. The summed E-state index contributed by atoms with van der Waals surface area (Å²) in [6, 6.07) is 18.2. The van der Waals surface area contributed by atoms with Gasteiger partial charge in [-0.2, -0.15) is 5.10 Å². The van der Waals surface area contributed by atoms with E-state index in [2.05, 4.69) is 22.7 Å². The van der Waals surface area contributed by atoms with E-state index < -0.39 is 11.7 Å². The van der Waals surface area contributed by atoms with E-state index in [9.17, 15) is 4.79 Å². The van der Waals surface area contributed by atoms with E-state index in [0.717, 1.165) is 16.8 Å². The van der Waals surface area contributed by atoms with Gasteiger partial charge in [-0.1, -0.05) is 54.6 Å². The predicted molar refractivity (Wildman–Crippen MR) is 93.5 cm³/mol. The Morgan fingerprint density at radius 2 is 1.52 bits per heavy atom. The molecule has 0 atom stereocenters. The summed E-state index contributed by atoms with van der Waals surface area (Å²) in [6.45, 7) is 7.28. The average molecular weight is 310 g/mol. The summed E-state index contributed by atoms with van der Waals surface area (Å²) in [6.07, 6.45) is -0.558. The lowest BCUT2D eigenvalue weighted by Crippen LogP contribution is -2.30. The smallest absolute Gasteiger partial charge is 0.428 e. The quantitative estimate of drug-likeness (QED) is 0.665. The molecule has 0 unspecified atom stereocenters. The van der Waals surface area contributed by atoms with Crippen LogP contribution in [0.4, 0.5) is 4.79 Å². The van der Waals surface area contributed by atoms with Gasteiger partial charge < -0.3 is 4.74 Å². The highest BCUT2D eigenvalue weighted by Crippen LogP contribution is 2.19. The van der Waals surface area contributed by atoms with Crippen LogP contribution >= 0.6 is 0 Å². The van der Waals surface area contributed by atoms with Gasteiger partial charge in [0.05, 0.1) is 5.71 Å². The molecular weight excluding hydrogens is 288 g/mol. The molecule has 0 heterocycles. The van der Waals surface area contributed by atoms with E-state index in [1.165, 1.54) is 5.56 Å². The standard InChI is InChI=1S/C19H22N2O2/c1-14(20-21-18(22)23-19(2,3)4)15-10-12-17(13-11-15)16-8-6-5-7-9-16/h5-13H,1-4H3,(H,21,22)/b20-14+. The fourth-order valence-electron chi connectivity index (χ4n) is 2.03. The Bertz CT molecular complexity index is 684. The zero-order valence-electron chi connectivity index (χ0n) is 14.0. The van der Waals surface area contributed by atoms with Crippen molar-refractivity contribution in [2.75, 3.05) is 0 Å². The van der Waals surface area contributed by atoms with Crippen LogP contribution in [0.3, 0.4) is 0 Å². The molecule has 2 aromatic carbocycles. The van der Waals surface area contributed by atoms with Gasteiger partial charge in [0.1, 0.15) is 5.60 Å². The summed E-state index contributed by atoms with van der Waals surface area (Å²) < 4.78 is 5.14. The topological polar surface area (TPSA) is 50.7 Å². The molecular formula is C19H22N2O2. The highest BCUT2D eigenvalue weighted by Gasteiger charge is 2.15. The molecule has 2 aromatic rings. The van der Waals surface area contributed by atoms with Crippen molar-refractivity contribution in [2.45, 2.75) is 33.3 Å². The molecule has 0 spiro atoms. The van der Waals surface area contributed by atoms with Gasteiger partial charge in [0.2, 0.25) is 0 Å². The van der Waals surface area contributed by atoms with E-state index in [4.69, 9.17) is 4.74 Å². The number of nitrogens with one attached hydrogen (secondary N) is 1. The number of carbonyl (C=O) groups is 1. The maximum Gasteiger partial charge on any atom is 0.428 e. The number of hydrogen-bond donors (Lipinski definition) is 1. The number of benzene rings is 2. The molecule has 0 fully saturated rings. The Balaban J connectivity index is 2.04. The van der Waals surface area contributed by atoms with E-state index in [0.29, 0.717) is 0 Å². The molecule has 0 saturated heterocycles. The molecule has 1 N–H and O–H groups in total. The first-order chi connectivity index (χ1) is 10.8. The predicted octanol–water partition coefficient (Wildman–Crippen LogP) is 4.60. The summed E-state index contributed by atoms with van der Waals surface area (Å²) in [5.74, 6) is 0. The van der Waals surface area contributed by atoms with Crippen molar-refractivity contribution in [3.05, 3.63) is 60.2 Å². The zero-order valence-corrected chi connectivity index (χ0v) is 14.0. The molecule has 0 radical (unpaired) electrons. The van der Waals surface area contributed by atoms with Crippen LogP contribution in [-0.4, -0.2) is 17.4 Å². The monoisotopic (exact) mass is 310 g/mol. The molecule has 0 aromatic heterocycles. The fraction of sp³-hybridized carbons (Fsp3) is 0.263. The SMILES string of the molecule is C/C(=N\NC(=O)OC(C)(C)C)c1ccc(-c2ccccc2)cc1. The van der Waals surface area contributed by atoms with Crippen molar-refractivity contribution < 1.29 is 9.53 Å². The molecule has 0 saturated carbocycles. The Hall–Kier alpha value is -2.62. The first-order valence-electron chi connectivity index (χ1n) is 7.54. The first-order valence-corrected chi connectivity index (χ1v) is 7.54. The number of hydrazone groups is 1. The van der Waals surface area contributed by atoms with E-state index >= 15 is 0 Å². The van der Waals surface area contributed by atoms with Crippen molar-refractivity contribution in [1.82, 2.24) is 5.43 Å². The van der Waals surface area contributed by atoms with Crippen LogP contribution in [-0.2, 0) is 4.74 Å². The Morgan fingerprint density at radius 3 is 2.09 bits per heavy atom. The highest BCUT2D eigenvalue weighted by atomic mass is 16.6. The van der Waals surface area contributed by atoms with Crippen LogP contribution in [0.5, 0.6) is 0 Å². The number of hydrogen-bond acceptors (Lipinski definition) is 3. The minimum atomic E-state index is -0.558. The maximum absolute atomic E-state index is 11.6. The summed E-state index contributed by atoms with van der Waals surface area (Å²) in [5.41, 5.74) is 5.84. The second-order valence-corrected chi connectivity index (χ2v) is 6.25. The average Bonchev–Trinajstić information content (AvgIpc) is 2.52. The molecule has 0 aliphatic heterocycles. The third-order valence-corrected chi connectivity index (χ3v) is 3.12. The highest BCUT2D eigenvalue weighted by molar-refractivity contribution is 5.99. The molecule has 23 heavy (non-hydrogen) atoms. The second-order valence-electron chi connectivity index (χ2n) is 6.25. The van der Waals surface area contributed by atoms with Crippen molar-refractivity contribution in [1.29, 1.82) is 0 Å². The minimum Gasteiger partial charge on any atom is -0.443 e. The molecule has 0 aliphatic carbocycles. The van der Waals surface area contributed by atoms with Crippen LogP contribution in [0.2, 0.25) is 0 Å². The zero-order chi connectivity index (χ0) is 16.9. The van der Waals surface area contributed by atoms with Crippen molar-refractivity contribution in [3.63, 3.8) is 0 Å². The molecule has 4 heteroatoms. The van der Waals surface area contributed by atoms with Gasteiger partial charge in [0.15, 0.2) is 0 Å². The first kappa shape index (κ1) is 16.7. The van der Waals surface area contributed by atoms with Crippen LogP contribution in [0.1, 0.15) is 33.3 Å². The van der Waals surface area contributed by atoms with Gasteiger partial charge in [-0.25, -0.2) is 10.2 Å². The summed E-state index contributed by atoms with van der Waals surface area (Å²) >= 11 is 0. The Morgan fingerprint density at radius 1 is 0.957 bits per heavy atom. The van der Waals surface area contributed by atoms with Crippen molar-refractivity contribution >= 4 is 11.8 Å². The number of rotatable bonds is 3. The van der Waals surface area contributed by atoms with Crippen LogP contribution in [0.25, 0.3) is 11.1 Å². The molecule has 120 valence electrons. The Kier molecular flexibility index (Phi) is 5.16. The lowest BCUT2D eigenvalue weighted by molar-refractivity contribution is 0.0529. The molecule has 0 bridgehead atoms. The number of carbonyl (C=O) groups excluding carboxylic acids is 1. The lowest BCUT2D eigenvalue weighted by atomic mass is 10.0. The van der Waals surface area contributed by atoms with E-state index in [1.807, 2.05) is 70.2 Å². The van der Waals surface area contributed by atoms with Gasteiger partial charge in [-0.3, -0.25) is 0 Å². The summed E-state index contributed by atoms with van der Waals surface area (Å²) in [7, 11) is 0. The maximum atomic E-state index is 11.6. The summed E-state index contributed by atoms with van der Waals surface area (Å²) in [4.78, 5) is 11.6. The fourth-order valence-corrected chi connectivity index (χ4v) is 2.03. The largest absolute Gasteiger partial charge is 0.443 e. The summed E-state index contributed by atoms with van der Waals surface area (Å²) in [5, 5.41) is 4.07. The van der Waals surface area contributed by atoms with E-state index in [1.54, 1.807) is 0 Å². The van der Waals surface area contributed by atoms with Gasteiger partial charge >= 0.3 is 6.09 Å². The van der Waals surface area contributed by atoms with Gasteiger partial charge in [-0.15, -0.1) is 0 Å². The van der Waals surface area contributed by atoms with Gasteiger partial charge in [0.25, 0.3) is 0 Å². The number of ether oxygens (including phenoxy) is 1. The van der Waals surface area contributed by atoms with Crippen LogP contribution in [0, 0.1) is 0 Å². The van der Waals surface area contributed by atoms with Crippen molar-refractivity contribution in [3.8, 4) is 11.1 Å². The molecule has 4 nitrogen and oxygen atoms in total. The van der Waals surface area contributed by atoms with Crippen LogP contribution in [0.15, 0.2) is 59.7 Å².